The summed E-state index contributed by atoms with van der Waals surface area (Å²) < 4.78 is 0. The first-order valence-electron chi connectivity index (χ1n) is 5.22. The van der Waals surface area contributed by atoms with Crippen LogP contribution in [-0.2, 0) is 0 Å². The zero-order valence-corrected chi connectivity index (χ0v) is 8.98. The second kappa shape index (κ2) is 4.28. The van der Waals surface area contributed by atoms with Crippen LogP contribution in [0.1, 0.15) is 22.7 Å². The molecular weight excluding hydrogens is 182 g/mol. The molecule has 2 rings (SSSR count). The maximum absolute atomic E-state index is 4.21. The molecule has 0 aliphatic carbocycles. The van der Waals surface area contributed by atoms with Gasteiger partial charge in [0.2, 0.25) is 0 Å². The van der Waals surface area contributed by atoms with Crippen molar-refractivity contribution in [2.45, 2.75) is 13.0 Å². The second-order valence-corrected chi connectivity index (χ2v) is 3.87. The van der Waals surface area contributed by atoms with Crippen molar-refractivity contribution in [2.24, 2.45) is 0 Å². The van der Waals surface area contributed by atoms with E-state index in [1.54, 1.807) is 0 Å². The molecule has 2 aromatic carbocycles. The first-order chi connectivity index (χ1) is 7.27. The Morgan fingerprint density at radius 2 is 1.33 bits per heavy atom. The normalized spacial score (nSPS) is 12.4. The predicted molar refractivity (Wildman–Crippen MR) is 62.4 cm³/mol. The summed E-state index contributed by atoms with van der Waals surface area (Å²) in [6, 6.07) is 19.2. The molecule has 1 atom stereocenters. The largest absolute Gasteiger partial charge is 0.348 e. The molecule has 0 aromatic heterocycles. The van der Waals surface area contributed by atoms with Gasteiger partial charge in [0.25, 0.3) is 0 Å². The summed E-state index contributed by atoms with van der Waals surface area (Å²) in [4.78, 5) is 0. The third-order valence-electron chi connectivity index (χ3n) is 2.68. The third-order valence-corrected chi connectivity index (χ3v) is 2.68. The Bertz CT molecular complexity index is 417. The lowest BCUT2D eigenvalue weighted by molar-refractivity contribution is -0.411. The molecule has 0 aliphatic rings. The van der Waals surface area contributed by atoms with E-state index in [4.69, 9.17) is 0 Å². The fraction of sp³-hybridized carbons (Fsp3) is 0.143. The summed E-state index contributed by atoms with van der Waals surface area (Å²) in [6.45, 7) is 2.10. The Kier molecular flexibility index (Phi) is 2.84. The number of rotatable bonds is 2. The first kappa shape index (κ1) is 9.94. The molecule has 1 heteroatoms. The summed E-state index contributed by atoms with van der Waals surface area (Å²) in [5.41, 5.74) is 8.03. The third kappa shape index (κ3) is 2.25. The van der Waals surface area contributed by atoms with Crippen LogP contribution in [0.5, 0.6) is 0 Å². The van der Waals surface area contributed by atoms with Crippen molar-refractivity contribution >= 4 is 0 Å². The van der Waals surface area contributed by atoms with Gasteiger partial charge in [0.1, 0.15) is 6.04 Å². The summed E-state index contributed by atoms with van der Waals surface area (Å²) in [6.07, 6.45) is 0. The maximum atomic E-state index is 4.21. The minimum Gasteiger partial charge on any atom is -0.348 e. The lowest BCUT2D eigenvalue weighted by Gasteiger charge is -2.09. The van der Waals surface area contributed by atoms with Gasteiger partial charge < -0.3 is 5.73 Å². The monoisotopic (exact) mass is 198 g/mol. The molecular formula is C14H16N+. The van der Waals surface area contributed by atoms with E-state index in [-0.39, 0.29) is 6.04 Å². The zero-order valence-electron chi connectivity index (χ0n) is 8.98. The fourth-order valence-corrected chi connectivity index (χ4v) is 1.68. The molecule has 0 bridgehead atoms. The number of hydrogen-bond donors (Lipinski definition) is 1. The minimum atomic E-state index is 0.229. The Morgan fingerprint density at radius 3 is 1.93 bits per heavy atom. The highest BCUT2D eigenvalue weighted by Crippen LogP contribution is 2.17. The van der Waals surface area contributed by atoms with E-state index in [2.05, 4.69) is 61.2 Å². The van der Waals surface area contributed by atoms with E-state index in [1.165, 1.54) is 16.7 Å². The van der Waals surface area contributed by atoms with Crippen LogP contribution in [-0.4, -0.2) is 0 Å². The molecule has 0 fully saturated rings. The maximum Gasteiger partial charge on any atom is 0.136 e. The summed E-state index contributed by atoms with van der Waals surface area (Å²) in [5.74, 6) is 0. The lowest BCUT2D eigenvalue weighted by atomic mass is 9.99. The fourth-order valence-electron chi connectivity index (χ4n) is 1.68. The van der Waals surface area contributed by atoms with Crippen molar-refractivity contribution in [3.8, 4) is 0 Å². The van der Waals surface area contributed by atoms with E-state index in [0.717, 1.165) is 0 Å². The highest BCUT2D eigenvalue weighted by Gasteiger charge is 2.10. The Morgan fingerprint density at radius 1 is 0.800 bits per heavy atom. The van der Waals surface area contributed by atoms with Crippen molar-refractivity contribution < 1.29 is 5.73 Å². The molecule has 0 amide bonds. The van der Waals surface area contributed by atoms with Gasteiger partial charge in [-0.15, -0.1) is 0 Å². The van der Waals surface area contributed by atoms with Gasteiger partial charge in [-0.3, -0.25) is 0 Å². The van der Waals surface area contributed by atoms with Gasteiger partial charge in [-0.25, -0.2) is 0 Å². The lowest BCUT2D eigenvalue weighted by Crippen LogP contribution is -2.53. The van der Waals surface area contributed by atoms with Crippen molar-refractivity contribution in [3.05, 3.63) is 71.3 Å². The number of benzene rings is 2. The van der Waals surface area contributed by atoms with Crippen LogP contribution >= 0.6 is 0 Å². The minimum absolute atomic E-state index is 0.229. The number of quaternary nitrogens is 1. The van der Waals surface area contributed by atoms with Crippen molar-refractivity contribution in [3.63, 3.8) is 0 Å². The Hall–Kier alpha value is -1.60. The van der Waals surface area contributed by atoms with Gasteiger partial charge in [0, 0.05) is 11.1 Å². The van der Waals surface area contributed by atoms with E-state index in [0.29, 0.717) is 0 Å². The second-order valence-electron chi connectivity index (χ2n) is 3.87. The Balaban J connectivity index is 2.29. The van der Waals surface area contributed by atoms with Gasteiger partial charge in [-0.2, -0.15) is 0 Å². The average Bonchev–Trinajstić information content (AvgIpc) is 2.30. The van der Waals surface area contributed by atoms with Crippen LogP contribution in [0.3, 0.4) is 0 Å². The molecule has 3 N–H and O–H groups in total. The SMILES string of the molecule is Cc1ccc([C@@H]([NH3+])c2ccccc2)cc1. The van der Waals surface area contributed by atoms with Crippen molar-refractivity contribution in [1.82, 2.24) is 0 Å². The molecule has 15 heavy (non-hydrogen) atoms. The first-order valence-corrected chi connectivity index (χ1v) is 5.22. The van der Waals surface area contributed by atoms with Crippen LogP contribution in [0.15, 0.2) is 54.6 Å². The molecule has 0 aliphatic heterocycles. The molecule has 0 radical (unpaired) electrons. The highest BCUT2D eigenvalue weighted by molar-refractivity contribution is 5.30. The molecule has 0 unspecified atom stereocenters. The number of aryl methyl sites for hydroxylation is 1. The van der Waals surface area contributed by atoms with E-state index < -0.39 is 0 Å². The Labute approximate surface area is 90.6 Å². The van der Waals surface area contributed by atoms with E-state index in [1.807, 2.05) is 6.07 Å². The molecule has 0 saturated heterocycles. The molecule has 76 valence electrons. The van der Waals surface area contributed by atoms with Gasteiger partial charge in [-0.1, -0.05) is 60.2 Å². The van der Waals surface area contributed by atoms with Gasteiger partial charge in [0.05, 0.1) is 0 Å². The predicted octanol–water partition coefficient (Wildman–Crippen LogP) is 2.33. The van der Waals surface area contributed by atoms with Crippen molar-refractivity contribution in [1.29, 1.82) is 0 Å². The standard InChI is InChI=1S/C14H15N/c1-11-7-9-13(10-8-11)14(15)12-5-3-2-4-6-12/h2-10,14H,15H2,1H3/p+1/t14-/m0/s1. The summed E-state index contributed by atoms with van der Waals surface area (Å²) >= 11 is 0. The molecule has 0 heterocycles. The average molecular weight is 198 g/mol. The summed E-state index contributed by atoms with van der Waals surface area (Å²) in [5, 5.41) is 0. The van der Waals surface area contributed by atoms with E-state index >= 15 is 0 Å². The molecule has 0 spiro atoms. The smallest absolute Gasteiger partial charge is 0.136 e. The van der Waals surface area contributed by atoms with Crippen LogP contribution in [0.2, 0.25) is 0 Å². The van der Waals surface area contributed by atoms with E-state index in [9.17, 15) is 0 Å². The van der Waals surface area contributed by atoms with Crippen LogP contribution in [0.25, 0.3) is 0 Å². The van der Waals surface area contributed by atoms with Gasteiger partial charge in [0.15, 0.2) is 0 Å². The van der Waals surface area contributed by atoms with Gasteiger partial charge >= 0.3 is 0 Å². The zero-order chi connectivity index (χ0) is 10.7. The topological polar surface area (TPSA) is 27.6 Å². The number of hydrogen-bond acceptors (Lipinski definition) is 0. The quantitative estimate of drug-likeness (QED) is 0.767. The van der Waals surface area contributed by atoms with Crippen LogP contribution in [0, 0.1) is 6.92 Å². The molecule has 1 nitrogen and oxygen atoms in total. The molecule has 0 saturated carbocycles. The van der Waals surface area contributed by atoms with Gasteiger partial charge in [-0.05, 0) is 6.92 Å². The highest BCUT2D eigenvalue weighted by atomic mass is 14.6. The van der Waals surface area contributed by atoms with Crippen molar-refractivity contribution in [2.75, 3.05) is 0 Å². The van der Waals surface area contributed by atoms with Crippen LogP contribution in [0.4, 0.5) is 0 Å². The van der Waals surface area contributed by atoms with Crippen LogP contribution < -0.4 is 5.73 Å². The summed E-state index contributed by atoms with van der Waals surface area (Å²) in [7, 11) is 0. The molecule has 2 aromatic rings.